The third-order valence-electron chi connectivity index (χ3n) is 24.4. The Morgan fingerprint density at radius 2 is 0.667 bits per heavy atom. The van der Waals surface area contributed by atoms with Crippen LogP contribution in [0.5, 0.6) is 17.2 Å². The summed E-state index contributed by atoms with van der Waals surface area (Å²) < 4.78 is 224. The molecule has 12 rings (SSSR count). The van der Waals surface area contributed by atoms with Crippen molar-refractivity contribution in [1.29, 1.82) is 0 Å². The number of aliphatic hydroxyl groups excluding tert-OH is 3. The summed E-state index contributed by atoms with van der Waals surface area (Å²) in [6.45, 7) is 23.7. The van der Waals surface area contributed by atoms with Crippen LogP contribution >= 0.6 is 22.8 Å². The second kappa shape index (κ2) is 60.4. The van der Waals surface area contributed by atoms with Crippen molar-refractivity contribution in [3.63, 3.8) is 0 Å². The number of amides is 3. The molecule has 3 amide bonds. The van der Waals surface area contributed by atoms with E-state index in [0.717, 1.165) is 21.1 Å². The number of anilines is 2. The zero-order chi connectivity index (χ0) is 108. The molecule has 6 saturated heterocycles. The molecule has 0 radical (unpaired) electrons. The molecule has 6 aromatic rings. The maximum Gasteiger partial charge on any atom is 0.407 e. The zero-order valence-corrected chi connectivity index (χ0v) is 94.1. The molecule has 0 unspecified atom stereocenters. The van der Waals surface area contributed by atoms with Gasteiger partial charge in [-0.25, -0.2) is 39.6 Å². The van der Waals surface area contributed by atoms with Gasteiger partial charge in [0.15, 0.2) is 37.9 Å². The van der Waals surface area contributed by atoms with Crippen molar-refractivity contribution in [3.05, 3.63) is 180 Å². The largest absolute Gasteiger partial charge is 0.481 e. The number of nitrogens with zero attached hydrogens (tertiary/aromatic N) is 5. The first-order valence-corrected chi connectivity index (χ1v) is 59.1. The molecule has 6 fully saturated rings. The predicted molar refractivity (Wildman–Crippen MR) is 552 cm³/mol. The van der Waals surface area contributed by atoms with Gasteiger partial charge in [0.1, 0.15) is 35.6 Å². The van der Waals surface area contributed by atoms with E-state index in [1.807, 2.05) is 84.8 Å². The quantitative estimate of drug-likeness (QED) is 0.00355. The standard InChI is InChI=1S/C34H52N3O11PS.C32H46N3O13PS.C32H48N3O11PS.CH3.Pd/c1-7-46-49(40,47-8-2)23-45-27-13-15-28(16-14-27)50(41,42)37(20-24(3)4)21-31(38)30(19-25-9-11-26(12-10-25)36(5)6)35-34(39)48-32-22-44-33-29(32)17-18-43-33;1-5-46-49(40,47-6-2)21-45-25-11-13-26(14-12-25)50(41,42)34(18-22(3)4)19-29(36)28(17-23-7-9-24(10-8-23)35(38)39)33-32(37)48-30-20-44-31-27(30)15-16-43-31;1-5-44-47(38,45-6-2)21-43-25-11-13-26(14-12-25)48(39,40)35(18-22(3)4)19-29(36)28(17-23-7-9-24(33)10-8-23)34-32(37)46-30-20-42-31-27(30)15-16-41-31;;/h9-16,24,29-33,38H,7-8,17-23H2,1-6H3,(H,35,39);7-14,22,27-31,36H,5-6,15-21H2,1-4H3,(H,33,37);7-14,22,27-31,36H,5-6,15-21,33H2,1-4H3,(H,34,37);1H3;/q;;;-1;/t29-,30-,31+,32-,33+;2*27-,28-,29+,30-,31+;;/m000../s1. The van der Waals surface area contributed by atoms with Crippen LogP contribution in [0.3, 0.4) is 0 Å². The molecule has 6 aliphatic heterocycles. The van der Waals surface area contributed by atoms with Crippen molar-refractivity contribution in [3.8, 4) is 17.2 Å². The SMILES string of the molecule is CCOP(=O)(COc1ccc(S(=O)(=O)N(CC(C)C)C[C@@H](O)[C@H](Cc2ccc(N(C)C)cc2)NC(=O)O[C@H]2CO[C@H]3OCC[C@H]32)cc1)OCC.CCOP(=O)(COc1ccc(S(=O)(=O)N(CC(C)C)C[C@@H](O)[C@H](Cc2ccc(N)cc2)NC(=O)O[C@H]2CO[C@H]3OCC[C@H]32)cc1)OCC.CCOP(=O)(COc1ccc(S(=O)(=O)N(CC(C)C)C[C@@H](O)[C@H](Cc2ccc([N+](=O)[O-])cc2)NC(=O)O[C@H]2CO[C@H]3OCC[C@H]32)cc1)OCC.[CH3-].[Pd]. The Kier molecular flexibility index (Phi) is 51.2. The molecule has 0 aliphatic carbocycles. The number of non-ortho nitro benzene ring substituents is 1. The molecule has 150 heavy (non-hydrogen) atoms. The van der Waals surface area contributed by atoms with Crippen molar-refractivity contribution in [2.45, 2.75) is 210 Å². The van der Waals surface area contributed by atoms with Gasteiger partial charge in [0.25, 0.3) is 5.69 Å². The third-order valence-corrected chi connectivity index (χ3v) is 35.1. The summed E-state index contributed by atoms with van der Waals surface area (Å²) in [7, 11) is -19.0. The summed E-state index contributed by atoms with van der Waals surface area (Å²) in [6, 6.07) is 34.3. The number of fused-ring (bicyclic) bond motifs is 3. The van der Waals surface area contributed by atoms with E-state index in [0.29, 0.717) is 50.3 Å². The van der Waals surface area contributed by atoms with E-state index in [-0.39, 0.29) is 231 Å². The van der Waals surface area contributed by atoms with Gasteiger partial charge in [-0.05, 0) is 212 Å². The summed E-state index contributed by atoms with van der Waals surface area (Å²) in [5, 5.41) is 54.2. The molecule has 844 valence electrons. The minimum Gasteiger partial charge on any atom is -0.481 e. The van der Waals surface area contributed by atoms with Gasteiger partial charge in [0, 0.05) is 97.3 Å². The molecule has 6 aliphatic rings. The number of carbonyl (C=O) groups excluding carboxylic acids is 3. The van der Waals surface area contributed by atoms with Crippen LogP contribution in [-0.4, -0.2) is 302 Å². The van der Waals surface area contributed by atoms with Crippen LogP contribution in [0.4, 0.5) is 31.4 Å². The first-order valence-electron chi connectivity index (χ1n) is 49.6. The first kappa shape index (κ1) is 127. The fourth-order valence-electron chi connectivity index (χ4n) is 17.1. The predicted octanol–water partition coefficient (Wildman–Crippen LogP) is 13.2. The molecular formula is C99H149N9O35P3PdS3-. The average Bonchev–Trinajstić information content (AvgIpc) is 1.16. The molecule has 6 aromatic carbocycles. The number of benzene rings is 6. The maximum atomic E-state index is 14.0. The molecule has 44 nitrogen and oxygen atoms in total. The number of alkyl carbamates (subject to hydrolysis) is 3. The van der Waals surface area contributed by atoms with Crippen LogP contribution < -0.4 is 40.8 Å². The number of aliphatic hydroxyl groups is 3. The number of nitrogens with one attached hydrogen (secondary N) is 3. The number of hydrogen-bond acceptors (Lipinski definition) is 37. The topological polar surface area (TPSA) is 550 Å². The van der Waals surface area contributed by atoms with E-state index in [2.05, 4.69) is 16.0 Å². The number of sulfonamides is 3. The Morgan fingerprint density at radius 1 is 0.413 bits per heavy atom. The zero-order valence-electron chi connectivity index (χ0n) is 87.4. The van der Waals surface area contributed by atoms with Gasteiger partial charge in [-0.1, -0.05) is 77.9 Å². The molecule has 6 heterocycles. The average molecular weight is 2320 g/mol. The van der Waals surface area contributed by atoms with E-state index in [1.165, 1.54) is 106 Å². The number of rotatable bonds is 56. The molecule has 8 N–H and O–H groups in total. The second-order valence-corrected chi connectivity index (χ2v) is 49.2. The summed E-state index contributed by atoms with van der Waals surface area (Å²) in [4.78, 5) is 51.9. The van der Waals surface area contributed by atoms with Gasteiger partial charge in [-0.3, -0.25) is 23.8 Å². The van der Waals surface area contributed by atoms with E-state index in [4.69, 9.17) is 89.7 Å². The summed E-state index contributed by atoms with van der Waals surface area (Å²) in [5.41, 5.74) is 9.42. The van der Waals surface area contributed by atoms with Gasteiger partial charge < -0.3 is 133 Å². The summed E-state index contributed by atoms with van der Waals surface area (Å²) >= 11 is 0. The molecule has 0 spiro atoms. The van der Waals surface area contributed by atoms with Crippen LogP contribution in [0.25, 0.3) is 0 Å². The minimum atomic E-state index is -4.18. The Labute approximate surface area is 894 Å². The summed E-state index contributed by atoms with van der Waals surface area (Å²) in [6.07, 6.45) is -7.69. The van der Waals surface area contributed by atoms with Crippen LogP contribution in [0.2, 0.25) is 0 Å². The van der Waals surface area contributed by atoms with E-state index < -0.39 is 156 Å². The molecule has 0 bridgehead atoms. The number of ether oxygens (including phenoxy) is 12. The molecule has 0 saturated carbocycles. The summed E-state index contributed by atoms with van der Waals surface area (Å²) in [5.74, 6) is 0.241. The number of nitrogens with two attached hydrogens (primary N) is 1. The molecule has 51 heteroatoms. The van der Waals surface area contributed by atoms with Gasteiger partial charge in [0.05, 0.1) is 153 Å². The van der Waals surface area contributed by atoms with Crippen molar-refractivity contribution < 1.29 is 178 Å². The van der Waals surface area contributed by atoms with Crippen molar-refractivity contribution in [1.82, 2.24) is 28.9 Å². The van der Waals surface area contributed by atoms with Gasteiger partial charge in [-0.15, -0.1) is 0 Å². The fourth-order valence-corrected chi connectivity index (χ4v) is 26.0. The van der Waals surface area contributed by atoms with Crippen molar-refractivity contribution in [2.24, 2.45) is 35.5 Å². The van der Waals surface area contributed by atoms with Crippen LogP contribution in [0.15, 0.2) is 160 Å². The fraction of sp³-hybridized carbons (Fsp3) is 0.596. The van der Waals surface area contributed by atoms with E-state index in [9.17, 15) is 78.8 Å². The van der Waals surface area contributed by atoms with Crippen LogP contribution in [-0.2, 0) is 153 Å². The van der Waals surface area contributed by atoms with Crippen molar-refractivity contribution in [2.75, 3.05) is 162 Å². The Bertz CT molecular complexity index is 5650. The number of nitro benzene ring substituents is 1. The van der Waals surface area contributed by atoms with Crippen LogP contribution in [0.1, 0.15) is 119 Å². The first-order chi connectivity index (χ1) is 70.3. The van der Waals surface area contributed by atoms with Gasteiger partial charge >= 0.3 is 41.1 Å². The van der Waals surface area contributed by atoms with Crippen molar-refractivity contribution >= 4 is 88.2 Å². The minimum absolute atomic E-state index is 0. The maximum absolute atomic E-state index is 14.0. The third kappa shape index (κ3) is 37.9. The second-order valence-electron chi connectivity index (χ2n) is 37.4. The molecule has 15 atom stereocenters. The normalized spacial score (nSPS) is 20.3. The number of nitrogen functional groups attached to an aromatic ring is 1. The molecular weight excluding hydrogens is 2170 g/mol. The monoisotopic (exact) mass is 2320 g/mol. The van der Waals surface area contributed by atoms with Crippen LogP contribution in [0, 0.1) is 53.0 Å². The Balaban J connectivity index is 0.000000272. The Hall–Kier alpha value is -7.99. The van der Waals surface area contributed by atoms with E-state index in [1.54, 1.807) is 65.8 Å². The van der Waals surface area contributed by atoms with E-state index >= 15 is 0 Å². The van der Waals surface area contributed by atoms with Gasteiger partial charge in [0.2, 0.25) is 30.1 Å². The number of hydrogen-bond donors (Lipinski definition) is 7. The Morgan fingerprint density at radius 3 is 0.907 bits per heavy atom. The number of carbonyl (C=O) groups is 3. The molecule has 0 aromatic heterocycles. The number of nitro groups is 1. The smallest absolute Gasteiger partial charge is 0.407 e. The van der Waals surface area contributed by atoms with Gasteiger partial charge in [-0.2, -0.15) is 12.9 Å².